The fourth-order valence-corrected chi connectivity index (χ4v) is 3.58. The first kappa shape index (κ1) is 19.2. The molecule has 3 atom stereocenters. The molecule has 3 heterocycles. The molecule has 1 N–H and O–H groups in total. The summed E-state index contributed by atoms with van der Waals surface area (Å²) in [6.07, 6.45) is 4.29. The molecule has 2 aliphatic heterocycles. The van der Waals surface area contributed by atoms with Crippen molar-refractivity contribution >= 4 is 5.96 Å². The van der Waals surface area contributed by atoms with Crippen LogP contribution in [-0.4, -0.2) is 81.5 Å². The van der Waals surface area contributed by atoms with Gasteiger partial charge in [-0.15, -0.1) is 0 Å². The maximum Gasteiger partial charge on any atom is 0.194 e. The van der Waals surface area contributed by atoms with Gasteiger partial charge >= 0.3 is 0 Å². The Kier molecular flexibility index (Phi) is 6.93. The topological polar surface area (TPSA) is 62.5 Å². The Hall–Kier alpha value is -1.57. The molecule has 0 bridgehead atoms. The number of furan rings is 1. The lowest BCUT2D eigenvalue weighted by molar-refractivity contribution is -0.0817. The Balaban J connectivity index is 1.67. The van der Waals surface area contributed by atoms with Crippen LogP contribution in [0.4, 0.5) is 0 Å². The van der Waals surface area contributed by atoms with Crippen LogP contribution in [0.15, 0.2) is 27.8 Å². The van der Waals surface area contributed by atoms with Crippen LogP contribution in [0, 0.1) is 0 Å². The summed E-state index contributed by atoms with van der Waals surface area (Å²) in [6.45, 7) is 6.82. The second kappa shape index (κ2) is 9.39. The minimum atomic E-state index is 0.119. The molecular weight excluding hydrogens is 332 g/mol. The van der Waals surface area contributed by atoms with E-state index in [0.717, 1.165) is 50.8 Å². The van der Waals surface area contributed by atoms with Crippen molar-refractivity contribution in [1.29, 1.82) is 0 Å². The third-order valence-electron chi connectivity index (χ3n) is 5.02. The van der Waals surface area contributed by atoms with Crippen LogP contribution in [0.25, 0.3) is 0 Å². The van der Waals surface area contributed by atoms with Crippen molar-refractivity contribution in [3.63, 3.8) is 0 Å². The number of morpholine rings is 1. The van der Waals surface area contributed by atoms with E-state index in [1.54, 1.807) is 6.26 Å². The van der Waals surface area contributed by atoms with Crippen molar-refractivity contribution in [3.05, 3.63) is 24.2 Å². The summed E-state index contributed by atoms with van der Waals surface area (Å²) in [7, 11) is 4.11. The van der Waals surface area contributed by atoms with Crippen LogP contribution in [-0.2, 0) is 9.47 Å². The summed E-state index contributed by atoms with van der Waals surface area (Å²) in [5, 5.41) is 3.43. The minimum Gasteiger partial charge on any atom is -0.468 e. The highest BCUT2D eigenvalue weighted by atomic mass is 16.5. The highest BCUT2D eigenvalue weighted by Gasteiger charge is 2.32. The normalized spacial score (nSPS) is 25.7. The summed E-state index contributed by atoms with van der Waals surface area (Å²) in [5.74, 6) is 1.88. The molecule has 0 aliphatic carbocycles. The van der Waals surface area contributed by atoms with Crippen LogP contribution in [0.1, 0.15) is 31.6 Å². The number of nitrogens with one attached hydrogen (secondary N) is 1. The zero-order valence-electron chi connectivity index (χ0n) is 16.2. The average molecular weight is 364 g/mol. The van der Waals surface area contributed by atoms with Gasteiger partial charge in [0.2, 0.25) is 0 Å². The van der Waals surface area contributed by atoms with E-state index in [1.807, 2.05) is 12.1 Å². The third-order valence-corrected chi connectivity index (χ3v) is 5.02. The maximum absolute atomic E-state index is 5.97. The third kappa shape index (κ3) is 4.78. The van der Waals surface area contributed by atoms with Gasteiger partial charge in [0.15, 0.2) is 5.96 Å². The highest BCUT2D eigenvalue weighted by molar-refractivity contribution is 5.80. The second-order valence-electron chi connectivity index (χ2n) is 7.10. The fourth-order valence-electron chi connectivity index (χ4n) is 3.58. The smallest absolute Gasteiger partial charge is 0.194 e. The summed E-state index contributed by atoms with van der Waals surface area (Å²) in [6, 6.07) is 4.05. The molecule has 26 heavy (non-hydrogen) atoms. The summed E-state index contributed by atoms with van der Waals surface area (Å²) < 4.78 is 17.4. The van der Waals surface area contributed by atoms with Crippen molar-refractivity contribution < 1.29 is 13.9 Å². The number of nitrogens with zero attached hydrogens (tertiary/aromatic N) is 3. The van der Waals surface area contributed by atoms with Gasteiger partial charge in [0, 0.05) is 26.2 Å². The SMILES string of the molecule is CCNC(=NCC(c1ccco1)N(C)C)N1CCOC(C2CCCO2)C1. The van der Waals surface area contributed by atoms with E-state index in [4.69, 9.17) is 18.9 Å². The largest absolute Gasteiger partial charge is 0.468 e. The zero-order chi connectivity index (χ0) is 18.4. The quantitative estimate of drug-likeness (QED) is 0.613. The molecule has 2 fully saturated rings. The summed E-state index contributed by atoms with van der Waals surface area (Å²) >= 11 is 0. The first-order valence-electron chi connectivity index (χ1n) is 9.65. The molecule has 1 aromatic rings. The van der Waals surface area contributed by atoms with Crippen molar-refractivity contribution in [2.45, 2.75) is 38.0 Å². The number of likely N-dealkylation sites (N-methyl/N-ethyl adjacent to an activating group) is 1. The Bertz CT molecular complexity index is 555. The molecule has 0 spiro atoms. The number of guanidine groups is 1. The lowest BCUT2D eigenvalue weighted by Crippen LogP contribution is -2.53. The molecule has 7 nitrogen and oxygen atoms in total. The van der Waals surface area contributed by atoms with Gasteiger partial charge in [0.25, 0.3) is 0 Å². The van der Waals surface area contributed by atoms with Crippen molar-refractivity contribution in [1.82, 2.24) is 15.1 Å². The molecular formula is C19H32N4O3. The van der Waals surface area contributed by atoms with Gasteiger partial charge in [0.05, 0.1) is 31.6 Å². The standard InChI is InChI=1S/C19H32N4O3/c1-4-20-19(21-13-15(22(2)3)16-7-5-10-24-16)23-9-12-26-18(14-23)17-8-6-11-25-17/h5,7,10,15,17-18H,4,6,8-9,11-14H2,1-3H3,(H,20,21). The molecule has 3 rings (SSSR count). The summed E-state index contributed by atoms with van der Waals surface area (Å²) in [5.41, 5.74) is 0. The van der Waals surface area contributed by atoms with E-state index in [0.29, 0.717) is 13.2 Å². The summed E-state index contributed by atoms with van der Waals surface area (Å²) in [4.78, 5) is 9.35. The highest BCUT2D eigenvalue weighted by Crippen LogP contribution is 2.22. The van der Waals surface area contributed by atoms with E-state index in [1.165, 1.54) is 0 Å². The van der Waals surface area contributed by atoms with Crippen LogP contribution in [0.2, 0.25) is 0 Å². The molecule has 0 amide bonds. The van der Waals surface area contributed by atoms with Crippen LogP contribution >= 0.6 is 0 Å². The molecule has 1 aromatic heterocycles. The van der Waals surface area contributed by atoms with E-state index in [9.17, 15) is 0 Å². The molecule has 0 saturated carbocycles. The first-order valence-corrected chi connectivity index (χ1v) is 9.65. The second-order valence-corrected chi connectivity index (χ2v) is 7.10. The number of rotatable bonds is 6. The maximum atomic E-state index is 5.97. The van der Waals surface area contributed by atoms with Gasteiger partial charge in [0.1, 0.15) is 11.9 Å². The van der Waals surface area contributed by atoms with Gasteiger partial charge in [-0.2, -0.15) is 0 Å². The fraction of sp³-hybridized carbons (Fsp3) is 0.737. The number of hydrogen-bond donors (Lipinski definition) is 1. The molecule has 0 aromatic carbocycles. The van der Waals surface area contributed by atoms with Crippen molar-refractivity contribution in [3.8, 4) is 0 Å². The van der Waals surface area contributed by atoms with Gasteiger partial charge in [-0.3, -0.25) is 9.89 Å². The number of hydrogen-bond acceptors (Lipinski definition) is 5. The van der Waals surface area contributed by atoms with Gasteiger partial charge < -0.3 is 24.1 Å². The average Bonchev–Trinajstić information content (AvgIpc) is 3.35. The van der Waals surface area contributed by atoms with E-state index in [-0.39, 0.29) is 18.2 Å². The lowest BCUT2D eigenvalue weighted by atomic mass is 10.1. The Morgan fingerprint density at radius 3 is 2.85 bits per heavy atom. The molecule has 2 saturated heterocycles. The van der Waals surface area contributed by atoms with E-state index >= 15 is 0 Å². The van der Waals surface area contributed by atoms with Crippen LogP contribution < -0.4 is 5.32 Å². The zero-order valence-corrected chi connectivity index (χ0v) is 16.2. The van der Waals surface area contributed by atoms with Crippen molar-refractivity contribution in [2.75, 3.05) is 53.5 Å². The van der Waals surface area contributed by atoms with Gasteiger partial charge in [-0.1, -0.05) is 0 Å². The van der Waals surface area contributed by atoms with E-state index < -0.39 is 0 Å². The predicted molar refractivity (Wildman–Crippen MR) is 101 cm³/mol. The Morgan fingerprint density at radius 1 is 1.35 bits per heavy atom. The molecule has 3 unspecified atom stereocenters. The monoisotopic (exact) mass is 364 g/mol. The van der Waals surface area contributed by atoms with Crippen LogP contribution in [0.3, 0.4) is 0 Å². The Morgan fingerprint density at radius 2 is 2.19 bits per heavy atom. The van der Waals surface area contributed by atoms with E-state index in [2.05, 4.69) is 36.1 Å². The minimum absolute atomic E-state index is 0.119. The van der Waals surface area contributed by atoms with Crippen LogP contribution in [0.5, 0.6) is 0 Å². The molecule has 0 radical (unpaired) electrons. The molecule has 7 heteroatoms. The number of aliphatic imine (C=N–C) groups is 1. The van der Waals surface area contributed by atoms with Gasteiger partial charge in [-0.25, -0.2) is 0 Å². The van der Waals surface area contributed by atoms with Crippen molar-refractivity contribution in [2.24, 2.45) is 4.99 Å². The molecule has 146 valence electrons. The molecule has 2 aliphatic rings. The predicted octanol–water partition coefficient (Wildman–Crippen LogP) is 1.73. The Labute approximate surface area is 156 Å². The van der Waals surface area contributed by atoms with Gasteiger partial charge in [-0.05, 0) is 46.0 Å². The lowest BCUT2D eigenvalue weighted by Gasteiger charge is -2.37. The first-order chi connectivity index (χ1) is 12.7. The number of ether oxygens (including phenoxy) is 2.